The van der Waals surface area contributed by atoms with Crippen LogP contribution in [0.3, 0.4) is 0 Å². The SMILES string of the molecule is COc1ccc(CCNCC2(CO)CC2)cc1. The zero-order valence-corrected chi connectivity index (χ0v) is 10.4. The van der Waals surface area contributed by atoms with Crippen molar-refractivity contribution in [2.45, 2.75) is 19.3 Å². The summed E-state index contributed by atoms with van der Waals surface area (Å²) in [6.07, 6.45) is 3.35. The predicted octanol–water partition coefficient (Wildman–Crippen LogP) is 1.60. The topological polar surface area (TPSA) is 41.5 Å². The van der Waals surface area contributed by atoms with E-state index in [0.717, 1.165) is 25.3 Å². The van der Waals surface area contributed by atoms with Crippen molar-refractivity contribution in [3.05, 3.63) is 29.8 Å². The third-order valence-electron chi connectivity index (χ3n) is 3.54. The lowest BCUT2D eigenvalue weighted by Crippen LogP contribution is -2.28. The van der Waals surface area contributed by atoms with Crippen molar-refractivity contribution in [1.82, 2.24) is 5.32 Å². The van der Waals surface area contributed by atoms with Gasteiger partial charge in [-0.15, -0.1) is 0 Å². The molecule has 94 valence electrons. The van der Waals surface area contributed by atoms with Crippen LogP contribution in [-0.2, 0) is 6.42 Å². The molecule has 0 saturated heterocycles. The minimum atomic E-state index is 0.208. The number of rotatable bonds is 7. The van der Waals surface area contributed by atoms with E-state index in [0.29, 0.717) is 6.61 Å². The molecule has 1 saturated carbocycles. The van der Waals surface area contributed by atoms with E-state index < -0.39 is 0 Å². The van der Waals surface area contributed by atoms with Crippen LogP contribution in [-0.4, -0.2) is 31.9 Å². The molecule has 0 atom stereocenters. The first-order chi connectivity index (χ1) is 8.28. The molecule has 1 aromatic carbocycles. The third kappa shape index (κ3) is 3.45. The molecule has 3 nitrogen and oxygen atoms in total. The Kier molecular flexibility index (Phi) is 4.02. The lowest BCUT2D eigenvalue weighted by atomic mass is 10.1. The molecule has 1 aliphatic rings. The summed E-state index contributed by atoms with van der Waals surface area (Å²) in [5.41, 5.74) is 1.52. The fourth-order valence-corrected chi connectivity index (χ4v) is 1.95. The molecule has 2 rings (SSSR count). The van der Waals surface area contributed by atoms with E-state index in [2.05, 4.69) is 17.4 Å². The summed E-state index contributed by atoms with van der Waals surface area (Å²) in [4.78, 5) is 0. The molecule has 1 aromatic rings. The van der Waals surface area contributed by atoms with Crippen molar-refractivity contribution >= 4 is 0 Å². The highest BCUT2D eigenvalue weighted by molar-refractivity contribution is 5.27. The van der Waals surface area contributed by atoms with Gasteiger partial charge in [-0.3, -0.25) is 0 Å². The van der Waals surface area contributed by atoms with Crippen molar-refractivity contribution in [2.24, 2.45) is 5.41 Å². The smallest absolute Gasteiger partial charge is 0.118 e. The number of ether oxygens (including phenoxy) is 1. The highest BCUT2D eigenvalue weighted by Gasteiger charge is 2.41. The molecule has 0 aliphatic heterocycles. The Labute approximate surface area is 103 Å². The lowest BCUT2D eigenvalue weighted by molar-refractivity contribution is 0.208. The summed E-state index contributed by atoms with van der Waals surface area (Å²) in [5.74, 6) is 0.902. The fourth-order valence-electron chi connectivity index (χ4n) is 1.95. The first-order valence-electron chi connectivity index (χ1n) is 6.22. The summed E-state index contributed by atoms with van der Waals surface area (Å²) < 4.78 is 5.12. The number of hydrogen-bond acceptors (Lipinski definition) is 3. The summed E-state index contributed by atoms with van der Waals surface area (Å²) in [6.45, 7) is 2.23. The highest BCUT2D eigenvalue weighted by Crippen LogP contribution is 2.44. The van der Waals surface area contributed by atoms with Crippen molar-refractivity contribution in [1.29, 1.82) is 0 Å². The Morgan fingerprint density at radius 1 is 1.29 bits per heavy atom. The molecule has 17 heavy (non-hydrogen) atoms. The van der Waals surface area contributed by atoms with Gasteiger partial charge in [-0.05, 0) is 43.5 Å². The second-order valence-electron chi connectivity index (χ2n) is 4.93. The van der Waals surface area contributed by atoms with Gasteiger partial charge in [0.2, 0.25) is 0 Å². The van der Waals surface area contributed by atoms with Gasteiger partial charge in [0.05, 0.1) is 7.11 Å². The van der Waals surface area contributed by atoms with Crippen molar-refractivity contribution in [3.8, 4) is 5.75 Å². The van der Waals surface area contributed by atoms with E-state index in [1.807, 2.05) is 12.1 Å². The molecule has 0 aromatic heterocycles. The average Bonchev–Trinajstić information content (AvgIpc) is 3.16. The molecule has 3 heteroatoms. The number of nitrogens with one attached hydrogen (secondary N) is 1. The first kappa shape index (κ1) is 12.4. The lowest BCUT2D eigenvalue weighted by Gasteiger charge is -2.12. The molecule has 1 fully saturated rings. The highest BCUT2D eigenvalue weighted by atomic mass is 16.5. The van der Waals surface area contributed by atoms with Gasteiger partial charge in [-0.2, -0.15) is 0 Å². The van der Waals surface area contributed by atoms with E-state index in [-0.39, 0.29) is 5.41 Å². The second kappa shape index (κ2) is 5.52. The van der Waals surface area contributed by atoms with Crippen molar-refractivity contribution < 1.29 is 9.84 Å². The standard InChI is InChI=1S/C14H21NO2/c1-17-13-4-2-12(3-5-13)6-9-15-10-14(11-16)7-8-14/h2-5,15-16H,6-11H2,1H3. The minimum Gasteiger partial charge on any atom is -0.497 e. The number of benzene rings is 1. The van der Waals surface area contributed by atoms with Crippen LogP contribution in [0.1, 0.15) is 18.4 Å². The van der Waals surface area contributed by atoms with E-state index in [1.165, 1.54) is 18.4 Å². The van der Waals surface area contributed by atoms with E-state index in [1.54, 1.807) is 7.11 Å². The quantitative estimate of drug-likeness (QED) is 0.705. The Morgan fingerprint density at radius 2 is 2.00 bits per heavy atom. The van der Waals surface area contributed by atoms with Crippen LogP contribution in [0.25, 0.3) is 0 Å². The monoisotopic (exact) mass is 235 g/mol. The molecule has 0 bridgehead atoms. The van der Waals surface area contributed by atoms with Crippen LogP contribution in [0.4, 0.5) is 0 Å². The zero-order valence-electron chi connectivity index (χ0n) is 10.4. The maximum atomic E-state index is 9.18. The van der Waals surface area contributed by atoms with Gasteiger partial charge in [-0.25, -0.2) is 0 Å². The van der Waals surface area contributed by atoms with E-state index >= 15 is 0 Å². The van der Waals surface area contributed by atoms with Gasteiger partial charge in [0, 0.05) is 18.6 Å². The van der Waals surface area contributed by atoms with Crippen LogP contribution < -0.4 is 10.1 Å². The van der Waals surface area contributed by atoms with Gasteiger partial charge in [0.25, 0.3) is 0 Å². The maximum Gasteiger partial charge on any atom is 0.118 e. The van der Waals surface area contributed by atoms with Crippen LogP contribution in [0, 0.1) is 5.41 Å². The van der Waals surface area contributed by atoms with Crippen LogP contribution in [0.5, 0.6) is 5.75 Å². The van der Waals surface area contributed by atoms with Crippen molar-refractivity contribution in [2.75, 3.05) is 26.8 Å². The average molecular weight is 235 g/mol. The molecule has 0 amide bonds. The molecule has 2 N–H and O–H groups in total. The number of aliphatic hydroxyl groups is 1. The fraction of sp³-hybridized carbons (Fsp3) is 0.571. The van der Waals surface area contributed by atoms with E-state index in [9.17, 15) is 5.11 Å². The van der Waals surface area contributed by atoms with Gasteiger partial charge >= 0.3 is 0 Å². The predicted molar refractivity (Wildman–Crippen MR) is 68.3 cm³/mol. The van der Waals surface area contributed by atoms with Crippen LogP contribution in [0.2, 0.25) is 0 Å². The summed E-state index contributed by atoms with van der Waals surface area (Å²) in [6, 6.07) is 8.18. The second-order valence-corrected chi connectivity index (χ2v) is 4.93. The summed E-state index contributed by atoms with van der Waals surface area (Å²) >= 11 is 0. The normalized spacial score (nSPS) is 16.8. The summed E-state index contributed by atoms with van der Waals surface area (Å²) in [5, 5.41) is 12.6. The van der Waals surface area contributed by atoms with Gasteiger partial charge in [-0.1, -0.05) is 12.1 Å². The molecular formula is C14H21NO2. The summed E-state index contributed by atoms with van der Waals surface area (Å²) in [7, 11) is 1.68. The first-order valence-corrected chi connectivity index (χ1v) is 6.22. The Morgan fingerprint density at radius 3 is 2.53 bits per heavy atom. The third-order valence-corrected chi connectivity index (χ3v) is 3.54. The zero-order chi connectivity index (χ0) is 12.1. The van der Waals surface area contributed by atoms with Gasteiger partial charge in [0.15, 0.2) is 0 Å². The number of methoxy groups -OCH3 is 1. The molecule has 0 unspecified atom stereocenters. The molecular weight excluding hydrogens is 214 g/mol. The van der Waals surface area contributed by atoms with Gasteiger partial charge < -0.3 is 15.2 Å². The Hall–Kier alpha value is -1.06. The Balaban J connectivity index is 1.67. The number of hydrogen-bond donors (Lipinski definition) is 2. The molecule has 0 radical (unpaired) electrons. The Bertz CT molecular complexity index is 344. The van der Waals surface area contributed by atoms with Crippen LogP contribution >= 0.6 is 0 Å². The van der Waals surface area contributed by atoms with Gasteiger partial charge in [0.1, 0.15) is 5.75 Å². The maximum absolute atomic E-state index is 9.18. The van der Waals surface area contributed by atoms with E-state index in [4.69, 9.17) is 4.74 Å². The molecule has 0 heterocycles. The van der Waals surface area contributed by atoms with Crippen molar-refractivity contribution in [3.63, 3.8) is 0 Å². The largest absolute Gasteiger partial charge is 0.497 e. The number of aliphatic hydroxyl groups excluding tert-OH is 1. The molecule has 0 spiro atoms. The van der Waals surface area contributed by atoms with Crippen LogP contribution in [0.15, 0.2) is 24.3 Å². The minimum absolute atomic E-state index is 0.208. The molecule has 1 aliphatic carbocycles.